The Morgan fingerprint density at radius 2 is 1.21 bits per heavy atom. The van der Waals surface area contributed by atoms with Gasteiger partial charge in [0.25, 0.3) is 0 Å². The molecule has 28 heavy (non-hydrogen) atoms. The second kappa shape index (κ2) is 14.2. The molecule has 0 spiro atoms. The Labute approximate surface area is 168 Å². The van der Waals surface area contributed by atoms with Crippen LogP contribution in [-0.4, -0.2) is 72.7 Å². The van der Waals surface area contributed by atoms with Crippen molar-refractivity contribution in [1.29, 1.82) is 0 Å². The van der Waals surface area contributed by atoms with Crippen molar-refractivity contribution < 1.29 is 10.2 Å². The summed E-state index contributed by atoms with van der Waals surface area (Å²) in [5.74, 6) is 0. The Morgan fingerprint density at radius 1 is 0.607 bits per heavy atom. The highest BCUT2D eigenvalue weighted by atomic mass is 16.3. The van der Waals surface area contributed by atoms with E-state index >= 15 is 0 Å². The molecule has 0 unspecified atom stereocenters. The van der Waals surface area contributed by atoms with Gasteiger partial charge < -0.3 is 20.8 Å². The van der Waals surface area contributed by atoms with E-state index in [9.17, 15) is 5.11 Å². The third-order valence-corrected chi connectivity index (χ3v) is 4.52. The zero-order valence-corrected chi connectivity index (χ0v) is 16.6. The molecule has 2 aromatic carbocycles. The number of benzene rings is 2. The van der Waals surface area contributed by atoms with Crippen molar-refractivity contribution in [2.45, 2.75) is 13.1 Å². The summed E-state index contributed by atoms with van der Waals surface area (Å²) < 4.78 is 0. The molecular weight excluding hydrogens is 352 g/mol. The Morgan fingerprint density at radius 3 is 1.86 bits per heavy atom. The summed E-state index contributed by atoms with van der Waals surface area (Å²) in [6, 6.07) is 20.8. The van der Waals surface area contributed by atoms with Gasteiger partial charge in [0.1, 0.15) is 0 Å². The van der Waals surface area contributed by atoms with Crippen LogP contribution in [0.4, 0.5) is 0 Å². The van der Waals surface area contributed by atoms with Crippen molar-refractivity contribution in [1.82, 2.24) is 20.7 Å². The summed E-state index contributed by atoms with van der Waals surface area (Å²) in [5, 5.41) is 29.7. The van der Waals surface area contributed by atoms with Crippen molar-refractivity contribution >= 4 is 0 Å². The minimum Gasteiger partial charge on any atom is -0.395 e. The second-order valence-electron chi connectivity index (χ2n) is 6.69. The maximum Gasteiger partial charge on any atom is 0.0572 e. The number of hydrogen-bond acceptors (Lipinski definition) is 6. The van der Waals surface area contributed by atoms with E-state index in [0.29, 0.717) is 13.1 Å². The SMILES string of the molecule is OCCNCCN(CCO)N(CCNCc1ccccc1)Cc1ccccc1. The van der Waals surface area contributed by atoms with Gasteiger partial charge in [-0.15, -0.1) is 0 Å². The summed E-state index contributed by atoms with van der Waals surface area (Å²) in [6.07, 6.45) is 0. The zero-order chi connectivity index (χ0) is 19.9. The summed E-state index contributed by atoms with van der Waals surface area (Å²) >= 11 is 0. The average molecular weight is 387 g/mol. The molecule has 0 fully saturated rings. The molecule has 0 bridgehead atoms. The van der Waals surface area contributed by atoms with Gasteiger partial charge >= 0.3 is 0 Å². The molecule has 6 nitrogen and oxygen atoms in total. The fourth-order valence-electron chi connectivity index (χ4n) is 3.07. The molecule has 0 radical (unpaired) electrons. The number of nitrogens with one attached hydrogen (secondary N) is 2. The Kier molecular flexibility index (Phi) is 11.4. The number of nitrogens with zero attached hydrogens (tertiary/aromatic N) is 2. The Hall–Kier alpha value is -1.80. The maximum absolute atomic E-state index is 9.53. The predicted octanol–water partition coefficient (Wildman–Crippen LogP) is 1.07. The average Bonchev–Trinajstić information content (AvgIpc) is 2.74. The van der Waals surface area contributed by atoms with Crippen LogP contribution in [0.5, 0.6) is 0 Å². The van der Waals surface area contributed by atoms with Gasteiger partial charge in [-0.3, -0.25) is 0 Å². The molecule has 0 saturated carbocycles. The van der Waals surface area contributed by atoms with Gasteiger partial charge in [0.05, 0.1) is 13.2 Å². The smallest absolute Gasteiger partial charge is 0.0572 e. The third-order valence-electron chi connectivity index (χ3n) is 4.52. The Balaban J connectivity index is 1.91. The summed E-state index contributed by atoms with van der Waals surface area (Å²) in [6.45, 7) is 6.33. The summed E-state index contributed by atoms with van der Waals surface area (Å²) in [7, 11) is 0. The van der Waals surface area contributed by atoms with E-state index in [-0.39, 0.29) is 13.2 Å². The molecule has 2 rings (SSSR count). The number of hydrazine groups is 1. The van der Waals surface area contributed by atoms with E-state index in [1.165, 1.54) is 11.1 Å². The predicted molar refractivity (Wildman–Crippen MR) is 114 cm³/mol. The van der Waals surface area contributed by atoms with Crippen molar-refractivity contribution in [3.05, 3.63) is 71.8 Å². The second-order valence-corrected chi connectivity index (χ2v) is 6.69. The largest absolute Gasteiger partial charge is 0.395 e. The van der Waals surface area contributed by atoms with Crippen molar-refractivity contribution in [3.63, 3.8) is 0 Å². The first-order valence-electron chi connectivity index (χ1n) is 10.0. The lowest BCUT2D eigenvalue weighted by Crippen LogP contribution is -2.49. The van der Waals surface area contributed by atoms with Crippen LogP contribution < -0.4 is 10.6 Å². The first-order chi connectivity index (χ1) is 13.8. The molecule has 0 aromatic heterocycles. The monoisotopic (exact) mass is 386 g/mol. The van der Waals surface area contributed by atoms with Crippen molar-refractivity contribution in [2.75, 3.05) is 52.5 Å². The lowest BCUT2D eigenvalue weighted by atomic mass is 10.2. The molecule has 0 aliphatic rings. The van der Waals surface area contributed by atoms with Crippen LogP contribution in [0, 0.1) is 0 Å². The summed E-state index contributed by atoms with van der Waals surface area (Å²) in [4.78, 5) is 0. The van der Waals surface area contributed by atoms with Gasteiger partial charge in [-0.2, -0.15) is 0 Å². The number of aliphatic hydroxyl groups is 2. The van der Waals surface area contributed by atoms with Gasteiger partial charge in [-0.05, 0) is 11.1 Å². The molecule has 0 heterocycles. The lowest BCUT2D eigenvalue weighted by molar-refractivity contribution is -0.0410. The molecule has 154 valence electrons. The lowest BCUT2D eigenvalue weighted by Gasteiger charge is -2.35. The molecule has 2 aromatic rings. The molecule has 6 heteroatoms. The molecule has 0 aliphatic heterocycles. The van der Waals surface area contributed by atoms with E-state index in [2.05, 4.69) is 69.2 Å². The molecule has 4 N–H and O–H groups in total. The molecule has 0 atom stereocenters. The molecule has 0 aliphatic carbocycles. The van der Waals surface area contributed by atoms with E-state index in [4.69, 9.17) is 5.11 Å². The van der Waals surface area contributed by atoms with Gasteiger partial charge in [0.2, 0.25) is 0 Å². The molecule has 0 saturated heterocycles. The van der Waals surface area contributed by atoms with E-state index < -0.39 is 0 Å². The van der Waals surface area contributed by atoms with Crippen LogP contribution in [0.1, 0.15) is 11.1 Å². The Bertz CT molecular complexity index is 612. The quantitative estimate of drug-likeness (QED) is 0.271. The fourth-order valence-corrected chi connectivity index (χ4v) is 3.07. The normalized spacial score (nSPS) is 11.4. The molecular formula is C22H34N4O2. The summed E-state index contributed by atoms with van der Waals surface area (Å²) in [5.41, 5.74) is 2.52. The van der Waals surface area contributed by atoms with E-state index in [1.54, 1.807) is 0 Å². The highest BCUT2D eigenvalue weighted by Gasteiger charge is 2.15. The zero-order valence-electron chi connectivity index (χ0n) is 16.6. The van der Waals surface area contributed by atoms with Crippen LogP contribution in [0.15, 0.2) is 60.7 Å². The van der Waals surface area contributed by atoms with Crippen molar-refractivity contribution in [2.24, 2.45) is 0 Å². The highest BCUT2D eigenvalue weighted by molar-refractivity contribution is 5.15. The van der Waals surface area contributed by atoms with Crippen LogP contribution >= 0.6 is 0 Å². The number of aliphatic hydroxyl groups excluding tert-OH is 2. The third kappa shape index (κ3) is 8.93. The van der Waals surface area contributed by atoms with Crippen LogP contribution in [-0.2, 0) is 13.1 Å². The molecule has 0 amide bonds. The van der Waals surface area contributed by atoms with Gasteiger partial charge in [-0.25, -0.2) is 10.0 Å². The van der Waals surface area contributed by atoms with Crippen molar-refractivity contribution in [3.8, 4) is 0 Å². The maximum atomic E-state index is 9.53. The minimum atomic E-state index is 0.114. The van der Waals surface area contributed by atoms with Gasteiger partial charge in [0, 0.05) is 52.4 Å². The van der Waals surface area contributed by atoms with E-state index in [1.807, 2.05) is 12.1 Å². The van der Waals surface area contributed by atoms with Gasteiger partial charge in [-0.1, -0.05) is 60.7 Å². The van der Waals surface area contributed by atoms with Gasteiger partial charge in [0.15, 0.2) is 0 Å². The standard InChI is InChI=1S/C22H34N4O2/c27-17-13-23-11-14-25(16-18-28)26(20-22-9-5-2-6-10-22)15-12-24-19-21-7-3-1-4-8-21/h1-10,23-24,27-28H,11-20H2. The fraction of sp³-hybridized carbons (Fsp3) is 0.455. The first-order valence-corrected chi connectivity index (χ1v) is 10.0. The number of rotatable bonds is 15. The van der Waals surface area contributed by atoms with Crippen LogP contribution in [0.25, 0.3) is 0 Å². The topological polar surface area (TPSA) is 71.0 Å². The minimum absolute atomic E-state index is 0.114. The van der Waals surface area contributed by atoms with Crippen LogP contribution in [0.3, 0.4) is 0 Å². The van der Waals surface area contributed by atoms with Crippen LogP contribution in [0.2, 0.25) is 0 Å². The first kappa shape index (κ1) is 22.5. The van der Waals surface area contributed by atoms with E-state index in [0.717, 1.165) is 39.3 Å². The number of hydrogen-bond donors (Lipinski definition) is 4. The highest BCUT2D eigenvalue weighted by Crippen LogP contribution is 2.07.